The van der Waals surface area contributed by atoms with Crippen molar-refractivity contribution in [2.75, 3.05) is 6.61 Å². The summed E-state index contributed by atoms with van der Waals surface area (Å²) >= 11 is 5.62. The van der Waals surface area contributed by atoms with E-state index in [1.807, 2.05) is 6.20 Å². The van der Waals surface area contributed by atoms with Crippen molar-refractivity contribution in [2.24, 2.45) is 5.41 Å². The van der Waals surface area contributed by atoms with E-state index in [0.29, 0.717) is 11.8 Å². The molecule has 2 aliphatic carbocycles. The van der Waals surface area contributed by atoms with E-state index in [-0.39, 0.29) is 33.3 Å². The molecule has 4 rings (SSSR count). The lowest BCUT2D eigenvalue weighted by molar-refractivity contribution is -0.0778. The molecule has 0 N–H and O–H groups in total. The number of aromatic nitrogens is 2. The fourth-order valence-electron chi connectivity index (χ4n) is 6.16. The maximum atomic E-state index is 7.18. The molecule has 210 valence electrons. The Labute approximate surface area is 232 Å². The maximum absolute atomic E-state index is 7.18. The van der Waals surface area contributed by atoms with Crippen LogP contribution in [0.1, 0.15) is 80.6 Å². The van der Waals surface area contributed by atoms with E-state index in [9.17, 15) is 0 Å². The highest BCUT2D eigenvalue weighted by molar-refractivity contribution is 7.80. The van der Waals surface area contributed by atoms with Crippen LogP contribution in [0.5, 0.6) is 0 Å². The van der Waals surface area contributed by atoms with E-state index in [4.69, 9.17) is 30.5 Å². The van der Waals surface area contributed by atoms with Gasteiger partial charge >= 0.3 is 0 Å². The van der Waals surface area contributed by atoms with E-state index in [2.05, 4.69) is 79.6 Å². The van der Waals surface area contributed by atoms with E-state index >= 15 is 0 Å². The molecule has 0 bridgehead atoms. The van der Waals surface area contributed by atoms with Crippen LogP contribution in [-0.2, 0) is 18.3 Å². The molecule has 0 radical (unpaired) electrons. The minimum absolute atomic E-state index is 0.0151. The zero-order valence-corrected chi connectivity index (χ0v) is 27.9. The highest BCUT2D eigenvalue weighted by atomic mass is 32.1. The summed E-state index contributed by atoms with van der Waals surface area (Å²) in [5.74, 6) is 0. The SMILES string of the molecule is CC(C)(C)[Si](C)(C)O[C@H]1CC[C@]2(C)[C@@H](O[Si](C)(C)C(C)(C)C)CCC[C@@]23O[C@@]13COC(=S)n1ccnc1. The third-order valence-corrected chi connectivity index (χ3v) is 20.0. The van der Waals surface area contributed by atoms with E-state index in [1.165, 1.54) is 0 Å². The van der Waals surface area contributed by atoms with Gasteiger partial charge in [0.1, 0.15) is 18.5 Å². The van der Waals surface area contributed by atoms with Gasteiger partial charge in [-0.25, -0.2) is 4.98 Å². The molecule has 6 nitrogen and oxygen atoms in total. The number of imidazole rings is 1. The third kappa shape index (κ3) is 4.73. The van der Waals surface area contributed by atoms with Crippen LogP contribution in [0.25, 0.3) is 0 Å². The molecule has 5 atom stereocenters. The number of hydrogen-bond acceptors (Lipinski definition) is 6. The number of hydrogen-bond donors (Lipinski definition) is 0. The summed E-state index contributed by atoms with van der Waals surface area (Å²) in [6, 6.07) is 0. The van der Waals surface area contributed by atoms with Crippen LogP contribution < -0.4 is 0 Å². The largest absolute Gasteiger partial charge is 0.467 e. The second-order valence-corrected chi connectivity index (χ2v) is 24.8. The molecule has 2 heterocycles. The van der Waals surface area contributed by atoms with E-state index in [1.54, 1.807) is 17.1 Å². The van der Waals surface area contributed by atoms with E-state index in [0.717, 1.165) is 32.1 Å². The van der Waals surface area contributed by atoms with Crippen LogP contribution in [0.15, 0.2) is 18.7 Å². The van der Waals surface area contributed by atoms with Crippen molar-refractivity contribution in [3.05, 3.63) is 18.7 Å². The Morgan fingerprint density at radius 2 is 1.59 bits per heavy atom. The van der Waals surface area contributed by atoms with Gasteiger partial charge in [-0.3, -0.25) is 4.57 Å². The van der Waals surface area contributed by atoms with Gasteiger partial charge in [0.05, 0.1) is 12.2 Å². The summed E-state index contributed by atoms with van der Waals surface area (Å²) in [5, 5.41) is 0.684. The molecule has 37 heavy (non-hydrogen) atoms. The molecule has 1 aromatic rings. The normalized spacial score (nSPS) is 34.5. The van der Waals surface area contributed by atoms with Crippen molar-refractivity contribution < 1.29 is 18.3 Å². The number of rotatable bonds is 6. The van der Waals surface area contributed by atoms with Crippen molar-refractivity contribution >= 4 is 34.0 Å². The molecule has 2 saturated carbocycles. The first-order valence-corrected chi connectivity index (χ1v) is 20.3. The van der Waals surface area contributed by atoms with Crippen LogP contribution in [0.2, 0.25) is 36.3 Å². The van der Waals surface area contributed by atoms with Gasteiger partial charge < -0.3 is 18.3 Å². The molecule has 0 aromatic carbocycles. The molecule has 1 aromatic heterocycles. The zero-order valence-electron chi connectivity index (χ0n) is 25.1. The molecule has 1 aliphatic heterocycles. The molecule has 0 unspecified atom stereocenters. The molecule has 3 aliphatic rings. The Hall–Kier alpha value is -0.586. The van der Waals surface area contributed by atoms with Gasteiger partial charge in [-0.05, 0) is 80.6 Å². The van der Waals surface area contributed by atoms with Crippen molar-refractivity contribution in [1.82, 2.24) is 9.55 Å². The molecule has 3 fully saturated rings. The predicted molar refractivity (Wildman–Crippen MR) is 158 cm³/mol. The Kier molecular flexibility index (Phi) is 7.33. The van der Waals surface area contributed by atoms with Gasteiger partial charge in [0.2, 0.25) is 0 Å². The Morgan fingerprint density at radius 3 is 2.14 bits per heavy atom. The maximum Gasteiger partial charge on any atom is 0.269 e. The van der Waals surface area contributed by atoms with Crippen molar-refractivity contribution in [3.8, 4) is 0 Å². The van der Waals surface area contributed by atoms with Crippen LogP contribution >= 0.6 is 12.2 Å². The van der Waals surface area contributed by atoms with Crippen LogP contribution in [0.3, 0.4) is 0 Å². The third-order valence-electron chi connectivity index (χ3n) is 10.7. The standard InChI is InChI=1S/C28H50N2O4SSi2/c1-24(2,3)36(8,9)32-21-13-12-15-28-26(21,7)16-14-22(33-37(10,11)25(4,5)6)27(28,34-28)19-31-23(35)30-18-17-29-20-30/h17-18,20-22H,12-16,19H2,1-11H3/t21-,22-,26+,27-,28+/m0/s1. The lowest BCUT2D eigenvalue weighted by Gasteiger charge is -2.55. The lowest BCUT2D eigenvalue weighted by Crippen LogP contribution is -2.64. The van der Waals surface area contributed by atoms with Gasteiger partial charge in [0.25, 0.3) is 5.17 Å². The summed E-state index contributed by atoms with van der Waals surface area (Å²) in [6.45, 7) is 26.1. The second-order valence-electron chi connectivity index (χ2n) is 14.9. The Bertz CT molecular complexity index is 1000. The number of nitrogens with zero attached hydrogens (tertiary/aromatic N) is 2. The molecule has 9 heteroatoms. The molecule has 1 saturated heterocycles. The van der Waals surface area contributed by atoms with Crippen molar-refractivity contribution in [1.29, 1.82) is 0 Å². The smallest absolute Gasteiger partial charge is 0.269 e. The average molecular weight is 567 g/mol. The van der Waals surface area contributed by atoms with E-state index < -0.39 is 22.2 Å². The predicted octanol–water partition coefficient (Wildman–Crippen LogP) is 7.31. The summed E-state index contributed by atoms with van der Waals surface area (Å²) in [6.07, 6.45) is 10.6. The van der Waals surface area contributed by atoms with Crippen LogP contribution in [0, 0.1) is 5.41 Å². The minimum Gasteiger partial charge on any atom is -0.467 e. The fraction of sp³-hybridized carbons (Fsp3) is 0.857. The monoisotopic (exact) mass is 566 g/mol. The minimum atomic E-state index is -2.04. The highest BCUT2D eigenvalue weighted by Gasteiger charge is 2.84. The second kappa shape index (κ2) is 9.23. The Balaban J connectivity index is 1.67. The molecule has 1 spiro atoms. The summed E-state index contributed by atoms with van der Waals surface area (Å²) in [4.78, 5) is 4.13. The van der Waals surface area contributed by atoms with Gasteiger partial charge in [-0.1, -0.05) is 48.5 Å². The van der Waals surface area contributed by atoms with Gasteiger partial charge in [-0.15, -0.1) is 0 Å². The first-order chi connectivity index (χ1) is 16.8. The molecular weight excluding hydrogens is 517 g/mol. The Morgan fingerprint density at radius 1 is 1.00 bits per heavy atom. The summed E-state index contributed by atoms with van der Waals surface area (Å²) in [7, 11) is -3.99. The topological polar surface area (TPSA) is 58.0 Å². The molecular formula is C28H50N2O4SSi2. The summed E-state index contributed by atoms with van der Waals surface area (Å²) < 4.78 is 29.4. The fourth-order valence-corrected chi connectivity index (χ4v) is 9.14. The highest BCUT2D eigenvalue weighted by Crippen LogP contribution is 2.72. The molecule has 0 amide bonds. The van der Waals surface area contributed by atoms with Crippen molar-refractivity contribution in [3.63, 3.8) is 0 Å². The van der Waals surface area contributed by atoms with Crippen molar-refractivity contribution in [2.45, 2.75) is 140 Å². The van der Waals surface area contributed by atoms with Crippen LogP contribution in [-0.4, -0.2) is 61.4 Å². The van der Waals surface area contributed by atoms with Crippen LogP contribution in [0.4, 0.5) is 0 Å². The quantitative estimate of drug-likeness (QED) is 0.204. The van der Waals surface area contributed by atoms with Gasteiger partial charge in [0.15, 0.2) is 22.2 Å². The average Bonchev–Trinajstić information content (AvgIpc) is 3.12. The number of ether oxygens (including phenoxy) is 2. The first-order valence-electron chi connectivity index (χ1n) is 14.0. The number of thiocarbonyl (C=S) groups is 1. The number of epoxide rings is 1. The zero-order chi connectivity index (χ0) is 27.7. The first kappa shape index (κ1) is 29.4. The van der Waals surface area contributed by atoms with Gasteiger partial charge in [0, 0.05) is 17.8 Å². The summed E-state index contributed by atoms with van der Waals surface area (Å²) in [5.41, 5.74) is -0.926. The lowest BCUT2D eigenvalue weighted by atomic mass is 9.54. The van der Waals surface area contributed by atoms with Gasteiger partial charge in [-0.2, -0.15) is 0 Å².